The minimum absolute atomic E-state index is 0.750. The van der Waals surface area contributed by atoms with Gasteiger partial charge in [0.1, 0.15) is 0 Å². The molecule has 0 aliphatic heterocycles. The Kier molecular flexibility index (Phi) is 70.5. The molecule has 5 heavy (non-hydrogen) atoms. The van der Waals surface area contributed by atoms with Gasteiger partial charge in [0.15, 0.2) is 5.34 Å². The summed E-state index contributed by atoms with van der Waals surface area (Å²) >= 11 is 0.750. The number of rotatable bonds is 0. The van der Waals surface area contributed by atoms with Crippen LogP contribution in [-0.4, -0.2) is 5.21 Å². The predicted molar refractivity (Wildman–Crippen MR) is 8.27 cm³/mol. The third-order valence-electron chi connectivity index (χ3n) is 0. The fourth-order valence-corrected chi connectivity index (χ4v) is 0. The molecule has 0 fully saturated rings. The van der Waals surface area contributed by atoms with Crippen LogP contribution in [0.4, 0.5) is 0 Å². The summed E-state index contributed by atoms with van der Waals surface area (Å²) in [5.74, 6) is 0. The Morgan fingerprint density at radius 2 is 1.60 bits per heavy atom. The van der Waals surface area contributed by atoms with Crippen molar-refractivity contribution in [2.24, 2.45) is 5.34 Å². The summed E-state index contributed by atoms with van der Waals surface area (Å²) in [5.41, 5.74) is 0. The van der Waals surface area contributed by atoms with Crippen LogP contribution in [0.5, 0.6) is 0 Å². The van der Waals surface area contributed by atoms with Crippen molar-refractivity contribution in [3.8, 4) is 0 Å². The van der Waals surface area contributed by atoms with Crippen molar-refractivity contribution in [1.82, 2.24) is 0 Å². The molecule has 0 unspecified atom stereocenters. The predicted octanol–water partition coefficient (Wildman–Crippen LogP) is 0.0207. The quantitative estimate of drug-likeness (QED) is 0.272. The molecule has 0 saturated heterocycles. The van der Waals surface area contributed by atoms with Crippen LogP contribution in [-0.2, 0) is 23.7 Å². The number of hydrogen-bond donors (Lipinski definition) is 1. The molecule has 4 nitrogen and oxygen atoms in total. The van der Waals surface area contributed by atoms with Gasteiger partial charge in [0.2, 0.25) is 0 Å². The van der Waals surface area contributed by atoms with Crippen molar-refractivity contribution in [3.63, 3.8) is 0 Å². The summed E-state index contributed by atoms with van der Waals surface area (Å²) in [6.45, 7) is 0. The minimum atomic E-state index is 0.750. The van der Waals surface area contributed by atoms with Gasteiger partial charge in [-0.3, -0.25) is 0 Å². The molecule has 1 N–H and O–H groups in total. The standard InChI is InChI=1S/HNO2.O.Ti/c2-1-3;;/h(H,2,3);;. The molecular formula is HNO3Ti. The first kappa shape index (κ1) is 8.87. The zero-order valence-electron chi connectivity index (χ0n) is 2.21. The normalized spacial score (nSPS) is 3.00. The van der Waals surface area contributed by atoms with Crippen LogP contribution in [0.2, 0.25) is 0 Å². The Balaban J connectivity index is 0. The zero-order valence-corrected chi connectivity index (χ0v) is 3.77. The molecule has 0 bridgehead atoms. The molecule has 0 radical (unpaired) electrons. The van der Waals surface area contributed by atoms with Gasteiger partial charge in [0.25, 0.3) is 0 Å². The number of nitrogens with zero attached hydrogens (tertiary/aromatic N) is 1. The van der Waals surface area contributed by atoms with Crippen LogP contribution in [0.1, 0.15) is 0 Å². The first-order valence-corrected chi connectivity index (χ1v) is 1.22. The zero-order chi connectivity index (χ0) is 4.71. The van der Waals surface area contributed by atoms with Gasteiger partial charge in [-0.1, -0.05) is 0 Å². The Bertz CT molecular complexity index is 20.9. The molecule has 0 amide bonds. The maximum atomic E-state index is 8.25. The van der Waals surface area contributed by atoms with Crippen molar-refractivity contribution in [2.75, 3.05) is 0 Å². The molecule has 0 rings (SSSR count). The van der Waals surface area contributed by atoms with E-state index in [2.05, 4.69) is 0 Å². The van der Waals surface area contributed by atoms with Crippen molar-refractivity contribution < 1.29 is 28.9 Å². The molecule has 0 aromatic rings. The van der Waals surface area contributed by atoms with Gasteiger partial charge in [-0.05, 0) is 0 Å². The van der Waals surface area contributed by atoms with Gasteiger partial charge >= 0.3 is 23.7 Å². The van der Waals surface area contributed by atoms with Gasteiger partial charge < -0.3 is 5.21 Å². The molecule has 0 spiro atoms. The second-order valence-corrected chi connectivity index (χ2v) is 0.0816. The Morgan fingerprint density at radius 1 is 1.60 bits per heavy atom. The Morgan fingerprint density at radius 3 is 1.60 bits per heavy atom. The van der Waals surface area contributed by atoms with E-state index < -0.39 is 0 Å². The van der Waals surface area contributed by atoms with Crippen LogP contribution in [0.25, 0.3) is 0 Å². The van der Waals surface area contributed by atoms with Crippen LogP contribution in [0.3, 0.4) is 0 Å². The molecular weight excluding hydrogens is 110 g/mol. The van der Waals surface area contributed by atoms with Crippen LogP contribution >= 0.6 is 0 Å². The topological polar surface area (TPSA) is 66.7 Å². The van der Waals surface area contributed by atoms with E-state index in [1.165, 1.54) is 5.34 Å². The Hall–Kier alpha value is -0.0857. The van der Waals surface area contributed by atoms with Crippen LogP contribution in [0, 0.1) is 4.91 Å². The molecule has 0 heterocycles. The van der Waals surface area contributed by atoms with Crippen molar-refractivity contribution >= 4 is 0 Å². The monoisotopic (exact) mass is 111 g/mol. The van der Waals surface area contributed by atoms with E-state index >= 15 is 0 Å². The van der Waals surface area contributed by atoms with E-state index in [0.717, 1.165) is 20.4 Å². The summed E-state index contributed by atoms with van der Waals surface area (Å²) in [7, 11) is 0. The van der Waals surface area contributed by atoms with Gasteiger partial charge in [-0.2, -0.15) is 0 Å². The average Bonchev–Trinajstić information content (AvgIpc) is 1.46. The summed E-state index contributed by atoms with van der Waals surface area (Å²) in [5, 5.41) is 7.89. The average molecular weight is 111 g/mol. The summed E-state index contributed by atoms with van der Waals surface area (Å²) in [6, 6.07) is 0. The molecule has 0 aliphatic rings. The fourth-order valence-electron chi connectivity index (χ4n) is 0. The third-order valence-corrected chi connectivity index (χ3v) is 0. The van der Waals surface area contributed by atoms with Crippen LogP contribution in [0.15, 0.2) is 5.34 Å². The van der Waals surface area contributed by atoms with E-state index in [9.17, 15) is 0 Å². The molecule has 0 aromatic carbocycles. The molecule has 0 atom stereocenters. The first-order valence-electron chi connectivity index (χ1n) is 0.587. The van der Waals surface area contributed by atoms with Gasteiger partial charge in [0.05, 0.1) is 0 Å². The summed E-state index contributed by atoms with van der Waals surface area (Å²) in [6.07, 6.45) is 0. The number of hydrogen-bond acceptors (Lipinski definition) is 3. The molecule has 28 valence electrons. The van der Waals surface area contributed by atoms with E-state index in [0.29, 0.717) is 0 Å². The molecule has 0 saturated carbocycles. The van der Waals surface area contributed by atoms with Crippen molar-refractivity contribution in [3.05, 3.63) is 4.91 Å². The van der Waals surface area contributed by atoms with E-state index in [4.69, 9.17) is 13.4 Å². The van der Waals surface area contributed by atoms with Gasteiger partial charge in [-0.25, -0.2) is 0 Å². The molecule has 0 aromatic heterocycles. The van der Waals surface area contributed by atoms with Gasteiger partial charge in [-0.15, -0.1) is 4.91 Å². The van der Waals surface area contributed by atoms with E-state index in [1.807, 2.05) is 0 Å². The SMILES string of the molecule is O=NO.[O]=[Ti]. The van der Waals surface area contributed by atoms with Crippen LogP contribution < -0.4 is 0 Å². The van der Waals surface area contributed by atoms with Crippen molar-refractivity contribution in [1.29, 1.82) is 0 Å². The van der Waals surface area contributed by atoms with Gasteiger partial charge in [0, 0.05) is 0 Å². The fraction of sp³-hybridized carbons (Fsp3) is 0. The second-order valence-electron chi connectivity index (χ2n) is 0.0816. The third kappa shape index (κ3) is 1950. The molecule has 5 heteroatoms. The molecule has 0 aliphatic carbocycles. The summed E-state index contributed by atoms with van der Waals surface area (Å²) in [4.78, 5) is 8.11. The summed E-state index contributed by atoms with van der Waals surface area (Å²) < 4.78 is 8.25. The maximum absolute atomic E-state index is 8.25. The van der Waals surface area contributed by atoms with E-state index in [1.54, 1.807) is 0 Å². The Labute approximate surface area is 39.8 Å². The second kappa shape index (κ2) is 39.8. The van der Waals surface area contributed by atoms with Crippen molar-refractivity contribution in [2.45, 2.75) is 0 Å². The first-order chi connectivity index (χ1) is 2.41. The van der Waals surface area contributed by atoms with E-state index in [-0.39, 0.29) is 0 Å².